The predicted octanol–water partition coefficient (Wildman–Crippen LogP) is -20.2. The Hall–Kier alpha value is -3.31. The monoisotopic (exact) mass is 1600 g/mol. The van der Waals surface area contributed by atoms with Crippen molar-refractivity contribution in [2.45, 2.75) is 297 Å². The zero-order valence-electron chi connectivity index (χ0n) is 58.1. The van der Waals surface area contributed by atoms with Crippen molar-refractivity contribution in [3.05, 3.63) is 0 Å². The summed E-state index contributed by atoms with van der Waals surface area (Å²) in [6.07, 6.45) is -86.4. The van der Waals surface area contributed by atoms with Crippen LogP contribution in [0.2, 0.25) is 0 Å². The number of hydrogen-bond acceptors (Lipinski definition) is 46. The number of amides is 3. The van der Waals surface area contributed by atoms with Gasteiger partial charge in [-0.3, -0.25) is 14.4 Å². The normalized spacial score (nSPS) is 50.0. The van der Waals surface area contributed by atoms with Gasteiger partial charge < -0.3 is 229 Å². The van der Waals surface area contributed by atoms with E-state index in [1.807, 2.05) is 0 Å². The lowest BCUT2D eigenvalue weighted by Crippen LogP contribution is -2.71. The standard InChI is InChI=1S/C60H101N3O46/c1-13(71)61-25-34(80)46(20(8-68)95-52(25)92)104-53-26(62-14(2)72)35(81)48(21(9-69)100-53)106-59-45(91)50(33(79)24(103-59)12-94-56-42(88)39(85)31(77)23(102-56)11-93-55-41(87)37(83)28(74)16(4-64)96-55)108-60-51(40(86)30(76)18(6-66)99-60)109-54-27(63-15(3)73)36(82)47(22(10-70)101-54)105-58-44(90)49(32(78)19(7-67)98-58)107-57-43(89)38(84)29(75)17(5-65)97-57/h16-60,64-70,74-92H,4-12H2,1-3H3,(H,61,71)(H,62,72)(H,63,73)/t16-,17-,18-,19-,20-,21-,22-,23-,24-,25-,26-,27-,28-,29+,30-,31-,32+,33-,34-,35-,36-,37+,38+,39+,40+,41+,42+,43-,44-,45+,46-,47-,48-,49+,50+,51+,52-,53+,54+,55+,56+,57-,58+,59+,60-/m1/s1. The fraction of sp³-hybridized carbons (Fsp3) is 0.950. The van der Waals surface area contributed by atoms with Gasteiger partial charge in [-0.2, -0.15) is 0 Å². The molecule has 0 saturated carbocycles. The van der Waals surface area contributed by atoms with Crippen molar-refractivity contribution < 1.29 is 228 Å². The maximum atomic E-state index is 13.0. The van der Waals surface area contributed by atoms with E-state index in [1.165, 1.54) is 0 Å². The maximum absolute atomic E-state index is 13.0. The first-order valence-corrected chi connectivity index (χ1v) is 34.6. The molecule has 45 atom stereocenters. The van der Waals surface area contributed by atoms with Crippen molar-refractivity contribution in [2.24, 2.45) is 0 Å². The molecule has 49 nitrogen and oxygen atoms in total. The Bertz CT molecular complexity index is 2840. The third-order valence-electron chi connectivity index (χ3n) is 19.9. The first-order valence-electron chi connectivity index (χ1n) is 34.6. The Labute approximate surface area is 616 Å². The third kappa shape index (κ3) is 19.7. The van der Waals surface area contributed by atoms with Crippen LogP contribution in [0.4, 0.5) is 0 Å². The highest BCUT2D eigenvalue weighted by Crippen LogP contribution is 2.40. The van der Waals surface area contributed by atoms with Gasteiger partial charge in [-0.15, -0.1) is 0 Å². The fourth-order valence-corrected chi connectivity index (χ4v) is 14.0. The first kappa shape index (κ1) is 89.6. The number of nitrogens with one attached hydrogen (secondary N) is 3. The summed E-state index contributed by atoms with van der Waals surface area (Å²) in [4.78, 5) is 38.0. The van der Waals surface area contributed by atoms with Crippen LogP contribution in [-0.2, 0) is 94.9 Å². The molecule has 9 aliphatic heterocycles. The van der Waals surface area contributed by atoms with Gasteiger partial charge >= 0.3 is 0 Å². The Morgan fingerprint density at radius 1 is 0.239 bits per heavy atom. The van der Waals surface area contributed by atoms with Crippen molar-refractivity contribution in [1.82, 2.24) is 16.0 Å². The molecule has 9 rings (SSSR count). The molecule has 9 heterocycles. The third-order valence-corrected chi connectivity index (χ3v) is 19.9. The lowest BCUT2D eigenvalue weighted by Gasteiger charge is -2.51. The summed E-state index contributed by atoms with van der Waals surface area (Å²) >= 11 is 0. The number of rotatable bonds is 28. The SMILES string of the molecule is CC(=O)N[C@@H]1[C@@H](O)[C@H](O[C@@H]2O[C@H](CO)[C@@H](O[C@@H]3O[C@H](CO[C@H]4O[C@H](CO[C@H]5O[C@H](CO)[C@@H](O)[C@H](O)[C@@H]5O)[C@@H](O)[C@H](O)[C@@H]4O)[C@@H](O)[C@H](O[C@H]4O[C@H](CO)[C@@H](O)[C@H](O)[C@@H]4O[C@@H]4O[C@H](CO)[C@@H](O[C@@H]5O[C@H](CO)[C@H](O)[C@H](O[C@H]6O[C@H](CO)[C@H](O)[C@H](O)[C@H]6O)[C@H]5O)[C@H](O)[C@H]4NC(C)=O)[C@@H]3O)[C@H](O)[C@H]2NC(C)=O)[C@@H](CO)O[C@H]1O. The average molecular weight is 1600 g/mol. The highest BCUT2D eigenvalue weighted by atomic mass is 16.8. The molecule has 0 bridgehead atoms. The minimum atomic E-state index is -2.54. The van der Waals surface area contributed by atoms with E-state index in [0.717, 1.165) is 20.8 Å². The van der Waals surface area contributed by atoms with Crippen LogP contribution in [0.25, 0.3) is 0 Å². The molecule has 9 fully saturated rings. The summed E-state index contributed by atoms with van der Waals surface area (Å²) in [6.45, 7) is -6.55. The minimum Gasteiger partial charge on any atom is -0.394 e. The highest BCUT2D eigenvalue weighted by Gasteiger charge is 2.61. The predicted molar refractivity (Wildman–Crippen MR) is 332 cm³/mol. The van der Waals surface area contributed by atoms with E-state index >= 15 is 0 Å². The number of aliphatic hydroxyl groups is 26. The summed E-state index contributed by atoms with van der Waals surface area (Å²) in [5, 5.41) is 293. The van der Waals surface area contributed by atoms with E-state index in [-0.39, 0.29) is 0 Å². The summed E-state index contributed by atoms with van der Waals surface area (Å²) in [5.41, 5.74) is 0. The largest absolute Gasteiger partial charge is 0.394 e. The molecule has 109 heavy (non-hydrogen) atoms. The van der Waals surface area contributed by atoms with Crippen LogP contribution >= 0.6 is 0 Å². The molecule has 0 spiro atoms. The van der Waals surface area contributed by atoms with Crippen molar-refractivity contribution in [2.75, 3.05) is 59.5 Å². The quantitative estimate of drug-likeness (QED) is 0.0346. The molecule has 0 aliphatic carbocycles. The van der Waals surface area contributed by atoms with Gasteiger partial charge in [-0.1, -0.05) is 0 Å². The number of carbonyl (C=O) groups excluding carboxylic acids is 3. The van der Waals surface area contributed by atoms with Gasteiger partial charge in [0.15, 0.2) is 56.6 Å². The van der Waals surface area contributed by atoms with Crippen LogP contribution in [0.5, 0.6) is 0 Å². The topological polar surface area (TPSA) is 770 Å². The number of aliphatic hydroxyl groups excluding tert-OH is 26. The van der Waals surface area contributed by atoms with Crippen LogP contribution in [-0.4, -0.2) is 486 Å². The van der Waals surface area contributed by atoms with Crippen LogP contribution < -0.4 is 16.0 Å². The zero-order valence-corrected chi connectivity index (χ0v) is 58.1. The Morgan fingerprint density at radius 3 is 0.908 bits per heavy atom. The zero-order chi connectivity index (χ0) is 80.2. The van der Waals surface area contributed by atoms with Gasteiger partial charge in [-0.25, -0.2) is 0 Å². The van der Waals surface area contributed by atoms with Gasteiger partial charge in [0.1, 0.15) is 220 Å². The van der Waals surface area contributed by atoms with E-state index in [9.17, 15) is 147 Å². The number of carbonyl (C=O) groups is 3. The summed E-state index contributed by atoms with van der Waals surface area (Å²) < 4.78 is 98.9. The van der Waals surface area contributed by atoms with Crippen molar-refractivity contribution >= 4 is 17.7 Å². The first-order chi connectivity index (χ1) is 51.6. The van der Waals surface area contributed by atoms with Crippen LogP contribution in [0, 0.1) is 0 Å². The summed E-state index contributed by atoms with van der Waals surface area (Å²) in [7, 11) is 0. The lowest BCUT2D eigenvalue weighted by atomic mass is 9.93. The molecule has 0 aromatic carbocycles. The average Bonchev–Trinajstić information content (AvgIpc) is 0.766. The van der Waals surface area contributed by atoms with Crippen molar-refractivity contribution in [3.8, 4) is 0 Å². The van der Waals surface area contributed by atoms with Crippen molar-refractivity contribution in [1.29, 1.82) is 0 Å². The van der Waals surface area contributed by atoms with Crippen LogP contribution in [0.15, 0.2) is 0 Å². The Morgan fingerprint density at radius 2 is 0.495 bits per heavy atom. The van der Waals surface area contributed by atoms with E-state index in [0.29, 0.717) is 0 Å². The molecule has 632 valence electrons. The number of hydrogen-bond donors (Lipinski definition) is 29. The lowest BCUT2D eigenvalue weighted by molar-refractivity contribution is -0.399. The maximum Gasteiger partial charge on any atom is 0.217 e. The molecule has 3 amide bonds. The van der Waals surface area contributed by atoms with Crippen LogP contribution in [0.1, 0.15) is 20.8 Å². The molecule has 0 radical (unpaired) electrons. The smallest absolute Gasteiger partial charge is 0.217 e. The minimum absolute atomic E-state index is 0.778. The Kier molecular flexibility index (Phi) is 32.1. The molecule has 0 aromatic rings. The number of ether oxygens (including phenoxy) is 17. The van der Waals surface area contributed by atoms with Gasteiger partial charge in [0.05, 0.1) is 59.5 Å². The van der Waals surface area contributed by atoms with Gasteiger partial charge in [0.25, 0.3) is 0 Å². The second-order valence-corrected chi connectivity index (χ2v) is 27.5. The molecule has 0 unspecified atom stereocenters. The molecule has 0 aromatic heterocycles. The molecular formula is C60H101N3O46. The fourth-order valence-electron chi connectivity index (χ4n) is 14.0. The van der Waals surface area contributed by atoms with E-state index in [1.54, 1.807) is 0 Å². The Balaban J connectivity index is 1.00. The summed E-state index contributed by atoms with van der Waals surface area (Å²) in [5.74, 6) is -2.69. The van der Waals surface area contributed by atoms with Gasteiger partial charge in [-0.05, 0) is 0 Å². The van der Waals surface area contributed by atoms with Crippen molar-refractivity contribution in [3.63, 3.8) is 0 Å². The molecule has 9 aliphatic rings. The highest BCUT2D eigenvalue weighted by molar-refractivity contribution is 5.74. The van der Waals surface area contributed by atoms with E-state index in [4.69, 9.17) is 80.5 Å². The molecule has 29 N–H and O–H groups in total. The second-order valence-electron chi connectivity index (χ2n) is 27.5. The summed E-state index contributed by atoms with van der Waals surface area (Å²) in [6, 6.07) is -5.54. The van der Waals surface area contributed by atoms with Crippen LogP contribution in [0.3, 0.4) is 0 Å². The molecular weight excluding hydrogens is 1500 g/mol. The second kappa shape index (κ2) is 39.1. The van der Waals surface area contributed by atoms with Gasteiger partial charge in [0, 0.05) is 20.8 Å². The van der Waals surface area contributed by atoms with E-state index in [2.05, 4.69) is 16.0 Å². The van der Waals surface area contributed by atoms with E-state index < -0.39 is 353 Å². The molecule has 49 heteroatoms. The van der Waals surface area contributed by atoms with Gasteiger partial charge in [0.2, 0.25) is 17.7 Å². The molecule has 9 saturated heterocycles.